The largest absolute Gasteiger partial charge is 0.387 e. The van der Waals surface area contributed by atoms with E-state index in [2.05, 4.69) is 5.32 Å². The van der Waals surface area contributed by atoms with Crippen molar-refractivity contribution < 1.29 is 5.11 Å². The summed E-state index contributed by atoms with van der Waals surface area (Å²) in [5, 5.41) is 13.1. The lowest BCUT2D eigenvalue weighted by Gasteiger charge is -2.16. The van der Waals surface area contributed by atoms with Gasteiger partial charge in [-0.3, -0.25) is 0 Å². The minimum atomic E-state index is -0.447. The van der Waals surface area contributed by atoms with Crippen LogP contribution in [0.1, 0.15) is 22.8 Å². The van der Waals surface area contributed by atoms with Crippen LogP contribution in [0.15, 0.2) is 18.2 Å². The second-order valence-corrected chi connectivity index (χ2v) is 3.81. The summed E-state index contributed by atoms with van der Waals surface area (Å²) in [6, 6.07) is 6.05. The number of benzene rings is 1. The lowest BCUT2D eigenvalue weighted by Crippen LogP contribution is -2.27. The van der Waals surface area contributed by atoms with E-state index in [0.29, 0.717) is 13.1 Å². The van der Waals surface area contributed by atoms with Gasteiger partial charge in [-0.05, 0) is 30.5 Å². The van der Waals surface area contributed by atoms with Crippen molar-refractivity contribution in [2.45, 2.75) is 20.0 Å². The number of nitrogens with two attached hydrogens (primary N) is 1. The maximum absolute atomic E-state index is 10.0. The summed E-state index contributed by atoms with van der Waals surface area (Å²) in [7, 11) is 0. The van der Waals surface area contributed by atoms with Gasteiger partial charge in [0.05, 0.1) is 6.10 Å². The van der Waals surface area contributed by atoms with E-state index in [1.165, 1.54) is 0 Å². The molecular weight excluding hydrogens is 188 g/mol. The van der Waals surface area contributed by atoms with Crippen molar-refractivity contribution in [3.05, 3.63) is 34.9 Å². The summed E-state index contributed by atoms with van der Waals surface area (Å²) in [6.07, 6.45) is -0.447. The Hall–Kier alpha value is -0.900. The highest BCUT2D eigenvalue weighted by atomic mass is 16.3. The molecule has 0 amide bonds. The van der Waals surface area contributed by atoms with E-state index in [9.17, 15) is 5.11 Å². The molecule has 1 rings (SSSR count). The molecule has 0 aliphatic rings. The number of aliphatic hydroxyl groups is 1. The van der Waals surface area contributed by atoms with Crippen molar-refractivity contribution >= 4 is 0 Å². The molecule has 0 spiro atoms. The van der Waals surface area contributed by atoms with Crippen LogP contribution in [0, 0.1) is 13.8 Å². The van der Waals surface area contributed by atoms with Gasteiger partial charge in [-0.15, -0.1) is 0 Å². The molecule has 0 aliphatic heterocycles. The quantitative estimate of drug-likeness (QED) is 0.630. The molecule has 1 aromatic rings. The Morgan fingerprint density at radius 1 is 1.33 bits per heavy atom. The van der Waals surface area contributed by atoms with Crippen LogP contribution in [-0.2, 0) is 0 Å². The summed E-state index contributed by atoms with van der Waals surface area (Å²) in [4.78, 5) is 0. The van der Waals surface area contributed by atoms with Crippen molar-refractivity contribution in [3.8, 4) is 0 Å². The van der Waals surface area contributed by atoms with Crippen molar-refractivity contribution in [1.29, 1.82) is 0 Å². The fourth-order valence-corrected chi connectivity index (χ4v) is 1.80. The number of hydrogen-bond donors (Lipinski definition) is 3. The Bertz CT molecular complexity index is 292. The van der Waals surface area contributed by atoms with Crippen LogP contribution in [-0.4, -0.2) is 24.7 Å². The van der Waals surface area contributed by atoms with Gasteiger partial charge in [-0.2, -0.15) is 0 Å². The van der Waals surface area contributed by atoms with Crippen LogP contribution in [0.25, 0.3) is 0 Å². The molecule has 0 heterocycles. The van der Waals surface area contributed by atoms with Gasteiger partial charge in [0.25, 0.3) is 0 Å². The van der Waals surface area contributed by atoms with Crippen LogP contribution in [0.5, 0.6) is 0 Å². The average Bonchev–Trinajstić information content (AvgIpc) is 2.18. The minimum Gasteiger partial charge on any atom is -0.387 e. The van der Waals surface area contributed by atoms with Gasteiger partial charge in [-0.25, -0.2) is 0 Å². The van der Waals surface area contributed by atoms with Gasteiger partial charge >= 0.3 is 0 Å². The Balaban J connectivity index is 2.68. The molecule has 1 aromatic carbocycles. The first-order chi connectivity index (χ1) is 7.16. The first-order valence-corrected chi connectivity index (χ1v) is 5.31. The monoisotopic (exact) mass is 208 g/mol. The van der Waals surface area contributed by atoms with E-state index in [1.54, 1.807) is 0 Å². The van der Waals surface area contributed by atoms with Crippen molar-refractivity contribution in [3.63, 3.8) is 0 Å². The van der Waals surface area contributed by atoms with Gasteiger partial charge in [0.2, 0.25) is 0 Å². The van der Waals surface area contributed by atoms with E-state index in [4.69, 9.17) is 5.73 Å². The summed E-state index contributed by atoms with van der Waals surface area (Å²) < 4.78 is 0. The number of aliphatic hydroxyl groups excluding tert-OH is 1. The molecule has 0 aromatic heterocycles. The summed E-state index contributed by atoms with van der Waals surface area (Å²) in [5.41, 5.74) is 8.67. The molecule has 84 valence electrons. The Morgan fingerprint density at radius 3 is 2.47 bits per heavy atom. The number of nitrogens with one attached hydrogen (secondary N) is 1. The summed E-state index contributed by atoms with van der Waals surface area (Å²) >= 11 is 0. The normalized spacial score (nSPS) is 12.8. The van der Waals surface area contributed by atoms with E-state index in [1.807, 2.05) is 32.0 Å². The molecule has 1 atom stereocenters. The van der Waals surface area contributed by atoms with Gasteiger partial charge in [0.1, 0.15) is 0 Å². The van der Waals surface area contributed by atoms with Crippen LogP contribution in [0.2, 0.25) is 0 Å². The van der Waals surface area contributed by atoms with Crippen molar-refractivity contribution in [1.82, 2.24) is 5.32 Å². The molecule has 0 radical (unpaired) electrons. The van der Waals surface area contributed by atoms with E-state index in [-0.39, 0.29) is 0 Å². The zero-order valence-electron chi connectivity index (χ0n) is 9.46. The molecular formula is C12H20N2O. The van der Waals surface area contributed by atoms with Gasteiger partial charge in [-0.1, -0.05) is 18.2 Å². The maximum atomic E-state index is 10.0. The van der Waals surface area contributed by atoms with Crippen LogP contribution >= 0.6 is 0 Å². The first kappa shape index (κ1) is 12.2. The maximum Gasteiger partial charge on any atom is 0.0919 e. The van der Waals surface area contributed by atoms with Gasteiger partial charge < -0.3 is 16.2 Å². The van der Waals surface area contributed by atoms with Crippen molar-refractivity contribution in [2.24, 2.45) is 5.73 Å². The second-order valence-electron chi connectivity index (χ2n) is 3.81. The predicted molar refractivity (Wildman–Crippen MR) is 62.8 cm³/mol. The number of aryl methyl sites for hydroxylation is 2. The fourth-order valence-electron chi connectivity index (χ4n) is 1.80. The molecule has 15 heavy (non-hydrogen) atoms. The second kappa shape index (κ2) is 5.85. The number of hydrogen-bond acceptors (Lipinski definition) is 3. The third-order valence-electron chi connectivity index (χ3n) is 2.53. The first-order valence-electron chi connectivity index (χ1n) is 5.31. The molecule has 1 unspecified atom stereocenters. The molecule has 0 bridgehead atoms. The minimum absolute atomic E-state index is 0.447. The van der Waals surface area contributed by atoms with E-state index < -0.39 is 6.10 Å². The van der Waals surface area contributed by atoms with Gasteiger partial charge in [0.15, 0.2) is 0 Å². The lowest BCUT2D eigenvalue weighted by molar-refractivity contribution is 0.174. The highest BCUT2D eigenvalue weighted by molar-refractivity contribution is 5.35. The Kier molecular flexibility index (Phi) is 4.75. The lowest BCUT2D eigenvalue weighted by atomic mass is 9.98. The highest BCUT2D eigenvalue weighted by Gasteiger charge is 2.11. The Morgan fingerprint density at radius 2 is 1.93 bits per heavy atom. The number of rotatable bonds is 5. The molecule has 0 saturated heterocycles. The zero-order chi connectivity index (χ0) is 11.3. The fraction of sp³-hybridized carbons (Fsp3) is 0.500. The van der Waals surface area contributed by atoms with Gasteiger partial charge in [0, 0.05) is 19.6 Å². The molecule has 3 heteroatoms. The third kappa shape index (κ3) is 3.30. The topological polar surface area (TPSA) is 58.3 Å². The predicted octanol–water partition coefficient (Wildman–Crippen LogP) is 0.885. The average molecular weight is 208 g/mol. The molecule has 0 aliphatic carbocycles. The molecule has 3 nitrogen and oxygen atoms in total. The molecule has 0 fully saturated rings. The van der Waals surface area contributed by atoms with Crippen molar-refractivity contribution in [2.75, 3.05) is 19.6 Å². The van der Waals surface area contributed by atoms with E-state index in [0.717, 1.165) is 23.2 Å². The highest BCUT2D eigenvalue weighted by Crippen LogP contribution is 2.20. The third-order valence-corrected chi connectivity index (χ3v) is 2.53. The SMILES string of the molecule is Cc1cccc(C)c1C(O)CNCCN. The van der Waals surface area contributed by atoms with E-state index >= 15 is 0 Å². The standard InChI is InChI=1S/C12H20N2O/c1-9-4-3-5-10(2)12(9)11(15)8-14-7-6-13/h3-5,11,14-15H,6-8,13H2,1-2H3. The Labute approximate surface area is 91.3 Å². The summed E-state index contributed by atoms with van der Waals surface area (Å²) in [5.74, 6) is 0. The summed E-state index contributed by atoms with van der Waals surface area (Å²) in [6.45, 7) is 5.94. The van der Waals surface area contributed by atoms with Crippen LogP contribution in [0.3, 0.4) is 0 Å². The molecule has 4 N–H and O–H groups in total. The van der Waals surface area contributed by atoms with Crippen LogP contribution in [0.4, 0.5) is 0 Å². The molecule has 0 saturated carbocycles. The smallest absolute Gasteiger partial charge is 0.0919 e. The van der Waals surface area contributed by atoms with Crippen LogP contribution < -0.4 is 11.1 Å². The zero-order valence-corrected chi connectivity index (χ0v) is 9.46.